The fourth-order valence-corrected chi connectivity index (χ4v) is 2.54. The third-order valence-electron chi connectivity index (χ3n) is 3.08. The Balaban J connectivity index is 2.05. The second-order valence-electron chi connectivity index (χ2n) is 4.65. The lowest BCUT2D eigenvalue weighted by atomic mass is 10.1. The highest BCUT2D eigenvalue weighted by Crippen LogP contribution is 2.20. The number of nitrogens with one attached hydrogen (secondary N) is 1. The first-order valence-corrected chi connectivity index (χ1v) is 7.27. The molecular formula is C16H14Cl2FNO2. The molecule has 1 atom stereocenters. The van der Waals surface area contributed by atoms with Crippen molar-refractivity contribution in [1.29, 1.82) is 0 Å². The Morgan fingerprint density at radius 1 is 1.23 bits per heavy atom. The molecule has 0 aliphatic rings. The number of halogens is 3. The molecule has 1 N–H and O–H groups in total. The number of hydrogen-bond donors (Lipinski definition) is 1. The van der Waals surface area contributed by atoms with E-state index in [9.17, 15) is 9.18 Å². The largest absolute Gasteiger partial charge is 0.375 e. The Bertz CT molecular complexity index is 659. The van der Waals surface area contributed by atoms with Gasteiger partial charge >= 0.3 is 0 Å². The first kappa shape index (κ1) is 16.7. The molecule has 0 aromatic heterocycles. The third-order valence-corrected chi connectivity index (χ3v) is 3.51. The molecule has 0 saturated carbocycles. The molecule has 2 aromatic carbocycles. The molecular weight excluding hydrogens is 328 g/mol. The van der Waals surface area contributed by atoms with E-state index in [1.54, 1.807) is 18.2 Å². The molecule has 0 fully saturated rings. The van der Waals surface area contributed by atoms with E-state index >= 15 is 0 Å². The van der Waals surface area contributed by atoms with Crippen LogP contribution in [-0.2, 0) is 4.74 Å². The summed E-state index contributed by atoms with van der Waals surface area (Å²) in [6.07, 6.45) is -0.450. The molecule has 2 rings (SSSR count). The predicted octanol–water partition coefficient (Wildman–Crippen LogP) is 4.25. The van der Waals surface area contributed by atoms with Gasteiger partial charge in [0.15, 0.2) is 0 Å². The molecule has 0 aliphatic carbocycles. The van der Waals surface area contributed by atoms with Crippen molar-refractivity contribution < 1.29 is 13.9 Å². The number of benzene rings is 2. The summed E-state index contributed by atoms with van der Waals surface area (Å²) in [5.74, 6) is -0.685. The minimum absolute atomic E-state index is 0.197. The van der Waals surface area contributed by atoms with Gasteiger partial charge in [-0.15, -0.1) is 0 Å². The van der Waals surface area contributed by atoms with Gasteiger partial charge in [-0.1, -0.05) is 35.3 Å². The molecule has 0 bridgehead atoms. The van der Waals surface area contributed by atoms with Crippen LogP contribution in [0, 0.1) is 5.82 Å². The molecule has 0 aliphatic heterocycles. The summed E-state index contributed by atoms with van der Waals surface area (Å²) >= 11 is 11.7. The predicted molar refractivity (Wildman–Crippen MR) is 84.9 cm³/mol. The van der Waals surface area contributed by atoms with Crippen LogP contribution in [-0.4, -0.2) is 19.6 Å². The van der Waals surface area contributed by atoms with E-state index in [2.05, 4.69) is 5.32 Å². The van der Waals surface area contributed by atoms with Crippen molar-refractivity contribution in [2.45, 2.75) is 6.10 Å². The summed E-state index contributed by atoms with van der Waals surface area (Å²) in [7, 11) is 1.50. The SMILES string of the molecule is COC(CNC(=O)c1cc(Cl)cc(Cl)c1)c1cccc(F)c1. The highest BCUT2D eigenvalue weighted by molar-refractivity contribution is 6.35. The maximum atomic E-state index is 13.2. The summed E-state index contributed by atoms with van der Waals surface area (Å²) in [4.78, 5) is 12.1. The number of carbonyl (C=O) groups excluding carboxylic acids is 1. The Hall–Kier alpha value is -1.62. The zero-order chi connectivity index (χ0) is 16.1. The topological polar surface area (TPSA) is 38.3 Å². The van der Waals surface area contributed by atoms with Crippen molar-refractivity contribution in [2.24, 2.45) is 0 Å². The van der Waals surface area contributed by atoms with Crippen LogP contribution >= 0.6 is 23.2 Å². The van der Waals surface area contributed by atoms with Crippen LogP contribution in [0.25, 0.3) is 0 Å². The summed E-state index contributed by atoms with van der Waals surface area (Å²) in [6, 6.07) is 10.6. The van der Waals surface area contributed by atoms with Crippen LogP contribution in [0.15, 0.2) is 42.5 Å². The molecule has 0 radical (unpaired) electrons. The maximum Gasteiger partial charge on any atom is 0.251 e. The third kappa shape index (κ3) is 4.44. The quantitative estimate of drug-likeness (QED) is 0.882. The number of hydrogen-bond acceptors (Lipinski definition) is 2. The highest BCUT2D eigenvalue weighted by Gasteiger charge is 2.14. The number of rotatable bonds is 5. The molecule has 2 aromatic rings. The van der Waals surface area contributed by atoms with Crippen molar-refractivity contribution in [2.75, 3.05) is 13.7 Å². The summed E-state index contributed by atoms with van der Waals surface area (Å²) in [5.41, 5.74) is 0.999. The van der Waals surface area contributed by atoms with E-state index in [1.165, 1.54) is 31.4 Å². The Labute approximate surface area is 138 Å². The number of methoxy groups -OCH3 is 1. The molecule has 22 heavy (non-hydrogen) atoms. The minimum Gasteiger partial charge on any atom is -0.375 e. The zero-order valence-corrected chi connectivity index (χ0v) is 13.3. The van der Waals surface area contributed by atoms with E-state index in [0.29, 0.717) is 21.2 Å². The first-order chi connectivity index (χ1) is 10.5. The summed E-state index contributed by atoms with van der Waals surface area (Å²) in [5, 5.41) is 3.48. The van der Waals surface area contributed by atoms with E-state index in [0.717, 1.165) is 0 Å². The van der Waals surface area contributed by atoms with Crippen LogP contribution in [0.3, 0.4) is 0 Å². The standard InChI is InChI=1S/C16H14Cl2FNO2/c1-22-15(10-3-2-4-14(19)7-10)9-20-16(21)11-5-12(17)8-13(18)6-11/h2-8,15H,9H2,1H3,(H,20,21). The second-order valence-corrected chi connectivity index (χ2v) is 5.52. The first-order valence-electron chi connectivity index (χ1n) is 6.52. The van der Waals surface area contributed by atoms with Crippen LogP contribution in [0.1, 0.15) is 22.0 Å². The molecule has 6 heteroatoms. The smallest absolute Gasteiger partial charge is 0.251 e. The van der Waals surface area contributed by atoms with Gasteiger partial charge in [0.25, 0.3) is 5.91 Å². The highest BCUT2D eigenvalue weighted by atomic mass is 35.5. The molecule has 0 spiro atoms. The molecule has 116 valence electrons. The molecule has 1 amide bonds. The normalized spacial score (nSPS) is 12.0. The Morgan fingerprint density at radius 3 is 2.50 bits per heavy atom. The monoisotopic (exact) mass is 341 g/mol. The van der Waals surface area contributed by atoms with E-state index < -0.39 is 6.10 Å². The van der Waals surface area contributed by atoms with Gasteiger partial charge in [-0.2, -0.15) is 0 Å². The van der Waals surface area contributed by atoms with E-state index in [-0.39, 0.29) is 18.3 Å². The van der Waals surface area contributed by atoms with Crippen LogP contribution in [0.4, 0.5) is 4.39 Å². The van der Waals surface area contributed by atoms with Crippen molar-refractivity contribution in [3.05, 3.63) is 69.5 Å². The van der Waals surface area contributed by atoms with Gasteiger partial charge in [0.1, 0.15) is 5.82 Å². The van der Waals surface area contributed by atoms with Gasteiger partial charge in [-0.3, -0.25) is 4.79 Å². The summed E-state index contributed by atoms with van der Waals surface area (Å²) < 4.78 is 18.5. The average Bonchev–Trinajstić information content (AvgIpc) is 2.46. The van der Waals surface area contributed by atoms with Gasteiger partial charge in [0.2, 0.25) is 0 Å². The van der Waals surface area contributed by atoms with Gasteiger partial charge in [0.05, 0.1) is 6.10 Å². The minimum atomic E-state index is -0.450. The van der Waals surface area contributed by atoms with Crippen LogP contribution in [0.2, 0.25) is 10.0 Å². The zero-order valence-electron chi connectivity index (χ0n) is 11.8. The second kappa shape index (κ2) is 7.58. The van der Waals surface area contributed by atoms with Gasteiger partial charge < -0.3 is 10.1 Å². The van der Waals surface area contributed by atoms with Crippen LogP contribution in [0.5, 0.6) is 0 Å². The lowest BCUT2D eigenvalue weighted by molar-refractivity contribution is 0.0827. The molecule has 1 unspecified atom stereocenters. The molecule has 0 saturated heterocycles. The maximum absolute atomic E-state index is 13.2. The molecule has 0 heterocycles. The lowest BCUT2D eigenvalue weighted by Crippen LogP contribution is -2.29. The number of ether oxygens (including phenoxy) is 1. The number of amides is 1. The molecule has 3 nitrogen and oxygen atoms in total. The fraction of sp³-hybridized carbons (Fsp3) is 0.188. The van der Waals surface area contributed by atoms with Crippen molar-refractivity contribution in [3.8, 4) is 0 Å². The van der Waals surface area contributed by atoms with E-state index in [1.807, 2.05) is 0 Å². The Kier molecular flexibility index (Phi) is 5.77. The van der Waals surface area contributed by atoms with Gasteiger partial charge in [0, 0.05) is 29.3 Å². The average molecular weight is 342 g/mol. The summed E-state index contributed by atoms with van der Waals surface area (Å²) in [6.45, 7) is 0.197. The fourth-order valence-electron chi connectivity index (χ4n) is 2.02. The van der Waals surface area contributed by atoms with E-state index in [4.69, 9.17) is 27.9 Å². The van der Waals surface area contributed by atoms with Gasteiger partial charge in [-0.05, 0) is 35.9 Å². The van der Waals surface area contributed by atoms with Crippen LogP contribution < -0.4 is 5.32 Å². The van der Waals surface area contributed by atoms with Crippen molar-refractivity contribution >= 4 is 29.1 Å². The van der Waals surface area contributed by atoms with Crippen molar-refractivity contribution in [3.63, 3.8) is 0 Å². The van der Waals surface area contributed by atoms with Gasteiger partial charge in [-0.25, -0.2) is 4.39 Å². The number of carbonyl (C=O) groups is 1. The Morgan fingerprint density at radius 2 is 1.91 bits per heavy atom. The lowest BCUT2D eigenvalue weighted by Gasteiger charge is -2.16. The van der Waals surface area contributed by atoms with Crippen molar-refractivity contribution in [1.82, 2.24) is 5.32 Å².